The van der Waals surface area contributed by atoms with Gasteiger partial charge in [0.2, 0.25) is 5.82 Å². The predicted octanol–water partition coefficient (Wildman–Crippen LogP) is 1.84. The van der Waals surface area contributed by atoms with Gasteiger partial charge in [0, 0.05) is 6.42 Å². The molecule has 1 aromatic heterocycles. The standard InChI is InChI=1S/C18H19F2N2O7P/c19-12-6-2-1-4-11(12)5-3-7-26-30(25)27-10-15-14(29-30)8-16(28-15)22-9-13(20)17(23)21-18(22)24/h1-2,4,6,9,14-16,25H,3,5,7-8,10H2/p+1/t14-,15+,16+,30?/m0/s1. The van der Waals surface area contributed by atoms with E-state index in [2.05, 4.69) is 0 Å². The van der Waals surface area contributed by atoms with Crippen LogP contribution >= 0.6 is 8.17 Å². The highest BCUT2D eigenvalue weighted by Gasteiger charge is 2.57. The minimum atomic E-state index is -3.61. The van der Waals surface area contributed by atoms with Crippen molar-refractivity contribution in [2.45, 2.75) is 37.7 Å². The SMILES string of the molecule is O=c1[nH]c(=O)n([C@H]2C[C@@H]3O[P+](O)(OCCCc4ccccc4F)OC[C@H]3O2)cc1F. The van der Waals surface area contributed by atoms with E-state index in [4.69, 9.17) is 18.3 Å². The maximum Gasteiger partial charge on any atom is 0.573 e. The van der Waals surface area contributed by atoms with E-state index >= 15 is 0 Å². The van der Waals surface area contributed by atoms with Crippen molar-refractivity contribution in [2.24, 2.45) is 0 Å². The maximum absolute atomic E-state index is 13.6. The number of halogens is 2. The number of nitrogens with zero attached hydrogens (tertiary/aromatic N) is 1. The molecular weight excluding hydrogens is 425 g/mol. The van der Waals surface area contributed by atoms with Crippen LogP contribution in [0.1, 0.15) is 24.6 Å². The van der Waals surface area contributed by atoms with Crippen molar-refractivity contribution in [2.75, 3.05) is 13.2 Å². The van der Waals surface area contributed by atoms with Gasteiger partial charge >= 0.3 is 13.9 Å². The van der Waals surface area contributed by atoms with Crippen molar-refractivity contribution in [3.63, 3.8) is 0 Å². The summed E-state index contributed by atoms with van der Waals surface area (Å²) >= 11 is 0. The first-order valence-corrected chi connectivity index (χ1v) is 10.8. The largest absolute Gasteiger partial charge is 0.573 e. The van der Waals surface area contributed by atoms with Crippen molar-refractivity contribution in [1.29, 1.82) is 0 Å². The van der Waals surface area contributed by atoms with Gasteiger partial charge in [-0.2, -0.15) is 18.3 Å². The van der Waals surface area contributed by atoms with Gasteiger partial charge in [0.15, 0.2) is 0 Å². The van der Waals surface area contributed by atoms with Gasteiger partial charge in [-0.25, -0.2) is 9.18 Å². The number of aromatic amines is 1. The number of hydrogen-bond donors (Lipinski definition) is 2. The molecule has 162 valence electrons. The molecule has 0 spiro atoms. The lowest BCUT2D eigenvalue weighted by atomic mass is 10.1. The molecule has 1 aromatic carbocycles. The summed E-state index contributed by atoms with van der Waals surface area (Å²) in [7, 11) is -3.61. The highest BCUT2D eigenvalue weighted by molar-refractivity contribution is 7.55. The Morgan fingerprint density at radius 2 is 2.03 bits per heavy atom. The summed E-state index contributed by atoms with van der Waals surface area (Å²) in [5.74, 6) is -1.42. The highest BCUT2D eigenvalue weighted by Crippen LogP contribution is 2.63. The fraction of sp³-hybridized carbons (Fsp3) is 0.444. The van der Waals surface area contributed by atoms with Gasteiger partial charge in [-0.15, -0.1) is 4.52 Å². The lowest BCUT2D eigenvalue weighted by Gasteiger charge is -2.26. The monoisotopic (exact) mass is 445 g/mol. The third-order valence-electron chi connectivity index (χ3n) is 4.89. The van der Waals surface area contributed by atoms with Crippen LogP contribution in [0.5, 0.6) is 0 Å². The molecule has 0 radical (unpaired) electrons. The number of nitrogens with one attached hydrogen (secondary N) is 1. The van der Waals surface area contributed by atoms with Gasteiger partial charge in [-0.1, -0.05) is 18.2 Å². The normalized spacial score (nSPS) is 28.4. The molecule has 2 saturated heterocycles. The fourth-order valence-corrected chi connectivity index (χ4v) is 4.84. The van der Waals surface area contributed by atoms with Gasteiger partial charge in [-0.3, -0.25) is 14.3 Å². The average molecular weight is 445 g/mol. The van der Waals surface area contributed by atoms with Crippen LogP contribution in [0.2, 0.25) is 0 Å². The van der Waals surface area contributed by atoms with Crippen LogP contribution in [0.15, 0.2) is 40.1 Å². The van der Waals surface area contributed by atoms with Crippen molar-refractivity contribution in [3.05, 3.63) is 68.5 Å². The molecule has 2 fully saturated rings. The molecule has 0 saturated carbocycles. The number of aryl methyl sites for hydroxylation is 1. The van der Waals surface area contributed by atoms with Crippen LogP contribution in [0.4, 0.5) is 8.78 Å². The second-order valence-electron chi connectivity index (χ2n) is 6.94. The first-order valence-electron chi connectivity index (χ1n) is 9.34. The zero-order valence-electron chi connectivity index (χ0n) is 15.7. The molecule has 2 aliphatic rings. The van der Waals surface area contributed by atoms with E-state index in [0.717, 1.165) is 10.8 Å². The summed E-state index contributed by atoms with van der Waals surface area (Å²) in [5, 5.41) is 0. The Hall–Kier alpha value is -2.01. The van der Waals surface area contributed by atoms with E-state index < -0.39 is 43.7 Å². The van der Waals surface area contributed by atoms with E-state index in [9.17, 15) is 23.3 Å². The van der Waals surface area contributed by atoms with Crippen LogP contribution in [-0.2, 0) is 24.7 Å². The van der Waals surface area contributed by atoms with E-state index in [-0.39, 0.29) is 25.5 Å². The number of ether oxygens (including phenoxy) is 1. The Balaban J connectivity index is 1.33. The molecule has 4 rings (SSSR count). The first-order chi connectivity index (χ1) is 14.3. The topological polar surface area (TPSA) is 112 Å². The van der Waals surface area contributed by atoms with Crippen molar-refractivity contribution < 1.29 is 32.0 Å². The Morgan fingerprint density at radius 3 is 2.83 bits per heavy atom. The fourth-order valence-electron chi connectivity index (χ4n) is 3.39. The quantitative estimate of drug-likeness (QED) is 0.516. The van der Waals surface area contributed by atoms with Gasteiger partial charge in [0.1, 0.15) is 37.5 Å². The zero-order chi connectivity index (χ0) is 21.3. The number of hydrogen-bond acceptors (Lipinski definition) is 7. The molecule has 4 atom stereocenters. The van der Waals surface area contributed by atoms with Gasteiger partial charge in [0.25, 0.3) is 5.56 Å². The van der Waals surface area contributed by atoms with Crippen molar-refractivity contribution >= 4 is 8.17 Å². The predicted molar refractivity (Wildman–Crippen MR) is 100 cm³/mol. The van der Waals surface area contributed by atoms with Crippen molar-refractivity contribution in [1.82, 2.24) is 9.55 Å². The summed E-state index contributed by atoms with van der Waals surface area (Å²) in [6.07, 6.45) is -0.380. The first kappa shape index (κ1) is 21.2. The van der Waals surface area contributed by atoms with E-state index in [1.807, 2.05) is 4.98 Å². The molecule has 0 bridgehead atoms. The van der Waals surface area contributed by atoms with Crippen LogP contribution in [0, 0.1) is 11.6 Å². The van der Waals surface area contributed by atoms with Crippen LogP contribution in [-0.4, -0.2) is 39.9 Å². The van der Waals surface area contributed by atoms with E-state index in [1.54, 1.807) is 18.2 Å². The Bertz CT molecular complexity index is 1030. The maximum atomic E-state index is 13.6. The lowest BCUT2D eigenvalue weighted by molar-refractivity contribution is -0.0819. The summed E-state index contributed by atoms with van der Waals surface area (Å²) in [5.41, 5.74) is -1.39. The summed E-state index contributed by atoms with van der Waals surface area (Å²) in [4.78, 5) is 35.5. The van der Waals surface area contributed by atoms with Gasteiger partial charge in [-0.05, 0) is 24.5 Å². The number of fused-ring (bicyclic) bond motifs is 1. The summed E-state index contributed by atoms with van der Waals surface area (Å²) < 4.78 is 50.0. The van der Waals surface area contributed by atoms with Crippen LogP contribution < -0.4 is 11.2 Å². The van der Waals surface area contributed by atoms with Crippen LogP contribution in [0.25, 0.3) is 0 Å². The number of H-pyrrole nitrogens is 1. The zero-order valence-corrected chi connectivity index (χ0v) is 16.6. The molecule has 1 unspecified atom stereocenters. The Labute approximate surface area is 169 Å². The minimum Gasteiger partial charge on any atom is -0.349 e. The third kappa shape index (κ3) is 4.51. The molecule has 0 aliphatic carbocycles. The summed E-state index contributed by atoms with van der Waals surface area (Å²) in [6.45, 7) is 0.0459. The number of benzene rings is 1. The smallest absolute Gasteiger partial charge is 0.349 e. The van der Waals surface area contributed by atoms with Crippen LogP contribution in [0.3, 0.4) is 0 Å². The molecule has 9 nitrogen and oxygen atoms in total. The third-order valence-corrected chi connectivity index (χ3v) is 6.41. The second kappa shape index (κ2) is 8.62. The second-order valence-corrected chi connectivity index (χ2v) is 8.61. The molecule has 2 aliphatic heterocycles. The molecule has 3 heterocycles. The molecule has 2 aromatic rings. The average Bonchev–Trinajstić information content (AvgIpc) is 3.12. The van der Waals surface area contributed by atoms with E-state index in [1.165, 1.54) is 6.07 Å². The molecule has 0 amide bonds. The van der Waals surface area contributed by atoms with E-state index in [0.29, 0.717) is 18.4 Å². The number of aromatic nitrogens is 2. The Morgan fingerprint density at radius 1 is 1.23 bits per heavy atom. The lowest BCUT2D eigenvalue weighted by Crippen LogP contribution is -2.35. The summed E-state index contributed by atoms with van der Waals surface area (Å²) in [6, 6.07) is 6.40. The molecule has 2 N–H and O–H groups in total. The molecular formula is C18H20F2N2O7P+. The molecule has 12 heteroatoms. The molecule has 30 heavy (non-hydrogen) atoms. The van der Waals surface area contributed by atoms with Gasteiger partial charge < -0.3 is 4.74 Å². The number of rotatable bonds is 6. The highest BCUT2D eigenvalue weighted by atomic mass is 31.2. The van der Waals surface area contributed by atoms with Crippen molar-refractivity contribution in [3.8, 4) is 0 Å². The Kier molecular flexibility index (Phi) is 6.10. The minimum absolute atomic E-state index is 0.0423. The van der Waals surface area contributed by atoms with Gasteiger partial charge in [0.05, 0.1) is 6.20 Å².